The smallest absolute Gasteiger partial charge is 0.292 e. The van der Waals surface area contributed by atoms with Crippen molar-refractivity contribution in [1.82, 2.24) is 0 Å². The highest BCUT2D eigenvalue weighted by molar-refractivity contribution is 5.62. The molecule has 110 valence electrons. The summed E-state index contributed by atoms with van der Waals surface area (Å²) in [5.41, 5.74) is 2.17. The lowest BCUT2D eigenvalue weighted by molar-refractivity contribution is -0.384. The molecule has 0 spiro atoms. The van der Waals surface area contributed by atoms with Gasteiger partial charge in [0.25, 0.3) is 5.69 Å². The molecule has 1 atom stereocenters. The van der Waals surface area contributed by atoms with E-state index in [-0.39, 0.29) is 10.6 Å². The van der Waals surface area contributed by atoms with Gasteiger partial charge in [-0.15, -0.1) is 0 Å². The second kappa shape index (κ2) is 5.81. The van der Waals surface area contributed by atoms with Crippen molar-refractivity contribution in [3.63, 3.8) is 0 Å². The van der Waals surface area contributed by atoms with Crippen LogP contribution in [-0.2, 0) is 0 Å². The number of benzene rings is 1. The van der Waals surface area contributed by atoms with E-state index in [1.54, 1.807) is 6.07 Å². The third-order valence-corrected chi connectivity index (χ3v) is 4.29. The van der Waals surface area contributed by atoms with E-state index in [4.69, 9.17) is 0 Å². The second-order valence-corrected chi connectivity index (χ2v) is 6.71. The number of nitrogens with one attached hydrogen (secondary N) is 1. The van der Waals surface area contributed by atoms with Crippen LogP contribution in [0.25, 0.3) is 0 Å². The first-order valence-corrected chi connectivity index (χ1v) is 7.39. The summed E-state index contributed by atoms with van der Waals surface area (Å²) in [6, 6.07) is 5.75. The lowest BCUT2D eigenvalue weighted by Gasteiger charge is -2.22. The average molecular weight is 276 g/mol. The number of nitro groups is 1. The molecule has 1 fully saturated rings. The molecule has 0 bridgehead atoms. The average Bonchev–Trinajstić information content (AvgIpc) is 2.53. The Hall–Kier alpha value is -1.58. The topological polar surface area (TPSA) is 55.2 Å². The summed E-state index contributed by atoms with van der Waals surface area (Å²) in [6.45, 7) is 6.50. The zero-order chi connectivity index (χ0) is 14.8. The van der Waals surface area contributed by atoms with E-state index in [2.05, 4.69) is 19.2 Å². The number of nitrogens with zero attached hydrogens (tertiary/aromatic N) is 1. The van der Waals surface area contributed by atoms with Crippen LogP contribution in [0.1, 0.15) is 51.5 Å². The van der Waals surface area contributed by atoms with E-state index in [0.29, 0.717) is 17.1 Å². The minimum Gasteiger partial charge on any atom is -0.377 e. The summed E-state index contributed by atoms with van der Waals surface area (Å²) in [4.78, 5) is 10.9. The van der Waals surface area contributed by atoms with Crippen molar-refractivity contribution in [1.29, 1.82) is 0 Å². The SMILES string of the molecule is Cc1ccc(NC2CCCC(C)(C)CC2)c([N+](=O)[O-])c1. The molecule has 1 aliphatic carbocycles. The number of anilines is 1. The van der Waals surface area contributed by atoms with Gasteiger partial charge in [-0.05, 0) is 49.7 Å². The molecule has 1 aromatic rings. The Balaban J connectivity index is 2.12. The van der Waals surface area contributed by atoms with Crippen LogP contribution in [0.15, 0.2) is 18.2 Å². The molecule has 0 aliphatic heterocycles. The molecule has 1 aliphatic rings. The van der Waals surface area contributed by atoms with Crippen LogP contribution in [0.3, 0.4) is 0 Å². The molecule has 0 radical (unpaired) electrons. The molecule has 1 N–H and O–H groups in total. The minimum absolute atomic E-state index is 0.188. The van der Waals surface area contributed by atoms with Crippen LogP contribution in [-0.4, -0.2) is 11.0 Å². The molecule has 1 saturated carbocycles. The first kappa shape index (κ1) is 14.8. The zero-order valence-electron chi connectivity index (χ0n) is 12.6. The highest BCUT2D eigenvalue weighted by Crippen LogP contribution is 2.35. The van der Waals surface area contributed by atoms with Crippen molar-refractivity contribution in [2.45, 2.75) is 58.9 Å². The van der Waals surface area contributed by atoms with Crippen LogP contribution in [0.4, 0.5) is 11.4 Å². The molecular formula is C16H24N2O2. The molecule has 0 amide bonds. The van der Waals surface area contributed by atoms with E-state index in [0.717, 1.165) is 18.4 Å². The van der Waals surface area contributed by atoms with Gasteiger partial charge in [0.2, 0.25) is 0 Å². The summed E-state index contributed by atoms with van der Waals surface area (Å²) in [5, 5.41) is 14.5. The van der Waals surface area contributed by atoms with E-state index < -0.39 is 0 Å². The predicted octanol–water partition coefficient (Wildman–Crippen LogP) is 4.67. The molecule has 0 aromatic heterocycles. The monoisotopic (exact) mass is 276 g/mol. The maximum Gasteiger partial charge on any atom is 0.292 e. The standard InChI is InChI=1S/C16H24N2O2/c1-12-6-7-14(15(11-12)18(19)20)17-13-5-4-9-16(2,3)10-8-13/h6-7,11,13,17H,4-5,8-10H2,1-3H3. The Labute approximate surface area is 120 Å². The van der Waals surface area contributed by atoms with Crippen molar-refractivity contribution < 1.29 is 4.92 Å². The van der Waals surface area contributed by atoms with Gasteiger partial charge in [0.15, 0.2) is 0 Å². The van der Waals surface area contributed by atoms with Crippen LogP contribution in [0, 0.1) is 22.5 Å². The van der Waals surface area contributed by atoms with Gasteiger partial charge in [-0.1, -0.05) is 26.3 Å². The van der Waals surface area contributed by atoms with Crippen molar-refractivity contribution in [3.8, 4) is 0 Å². The summed E-state index contributed by atoms with van der Waals surface area (Å²) >= 11 is 0. The molecular weight excluding hydrogens is 252 g/mol. The first-order valence-electron chi connectivity index (χ1n) is 7.39. The fraction of sp³-hybridized carbons (Fsp3) is 0.625. The maximum absolute atomic E-state index is 11.2. The minimum atomic E-state index is -0.296. The van der Waals surface area contributed by atoms with Gasteiger partial charge in [0.1, 0.15) is 5.69 Å². The van der Waals surface area contributed by atoms with Crippen molar-refractivity contribution in [2.24, 2.45) is 5.41 Å². The van der Waals surface area contributed by atoms with E-state index in [1.807, 2.05) is 19.1 Å². The highest BCUT2D eigenvalue weighted by Gasteiger charge is 2.25. The summed E-state index contributed by atoms with van der Waals surface area (Å²) in [6.07, 6.45) is 5.77. The van der Waals surface area contributed by atoms with Crippen LogP contribution < -0.4 is 5.32 Å². The number of hydrogen-bond acceptors (Lipinski definition) is 3. The Morgan fingerprint density at radius 2 is 2.05 bits per heavy atom. The van der Waals surface area contributed by atoms with Gasteiger partial charge in [-0.25, -0.2) is 0 Å². The Bertz CT molecular complexity index is 497. The summed E-state index contributed by atoms with van der Waals surface area (Å²) < 4.78 is 0. The third kappa shape index (κ3) is 3.71. The van der Waals surface area contributed by atoms with Gasteiger partial charge < -0.3 is 5.32 Å². The molecule has 0 saturated heterocycles. The van der Waals surface area contributed by atoms with Crippen LogP contribution in [0.5, 0.6) is 0 Å². The van der Waals surface area contributed by atoms with Crippen LogP contribution >= 0.6 is 0 Å². The van der Waals surface area contributed by atoms with Crippen molar-refractivity contribution in [3.05, 3.63) is 33.9 Å². The second-order valence-electron chi connectivity index (χ2n) is 6.71. The number of nitro benzene ring substituents is 1. The predicted molar refractivity (Wildman–Crippen MR) is 82.1 cm³/mol. The lowest BCUT2D eigenvalue weighted by atomic mass is 9.85. The molecule has 1 unspecified atom stereocenters. The van der Waals surface area contributed by atoms with Crippen molar-refractivity contribution >= 4 is 11.4 Å². The van der Waals surface area contributed by atoms with Gasteiger partial charge in [-0.3, -0.25) is 10.1 Å². The molecule has 2 rings (SSSR count). The van der Waals surface area contributed by atoms with E-state index in [1.165, 1.54) is 19.3 Å². The van der Waals surface area contributed by atoms with Crippen molar-refractivity contribution in [2.75, 3.05) is 5.32 Å². The molecule has 0 heterocycles. The largest absolute Gasteiger partial charge is 0.377 e. The fourth-order valence-corrected chi connectivity index (χ4v) is 2.94. The Morgan fingerprint density at radius 1 is 1.30 bits per heavy atom. The normalized spacial score (nSPS) is 22.1. The quantitative estimate of drug-likeness (QED) is 0.495. The third-order valence-electron chi connectivity index (χ3n) is 4.29. The Kier molecular flexibility index (Phi) is 4.31. The molecule has 1 aromatic carbocycles. The van der Waals surface area contributed by atoms with Gasteiger partial charge in [0, 0.05) is 12.1 Å². The number of aryl methyl sites for hydroxylation is 1. The van der Waals surface area contributed by atoms with E-state index in [9.17, 15) is 10.1 Å². The zero-order valence-corrected chi connectivity index (χ0v) is 12.6. The molecule has 20 heavy (non-hydrogen) atoms. The Morgan fingerprint density at radius 3 is 2.75 bits per heavy atom. The molecule has 4 heteroatoms. The maximum atomic E-state index is 11.2. The highest BCUT2D eigenvalue weighted by atomic mass is 16.6. The lowest BCUT2D eigenvalue weighted by Crippen LogP contribution is -2.20. The van der Waals surface area contributed by atoms with Gasteiger partial charge in [-0.2, -0.15) is 0 Å². The summed E-state index contributed by atoms with van der Waals surface area (Å²) in [5.74, 6) is 0. The first-order chi connectivity index (χ1) is 9.37. The van der Waals surface area contributed by atoms with Gasteiger partial charge in [0.05, 0.1) is 4.92 Å². The number of hydrogen-bond donors (Lipinski definition) is 1. The summed E-state index contributed by atoms with van der Waals surface area (Å²) in [7, 11) is 0. The van der Waals surface area contributed by atoms with Crippen LogP contribution in [0.2, 0.25) is 0 Å². The fourth-order valence-electron chi connectivity index (χ4n) is 2.94. The molecule has 4 nitrogen and oxygen atoms in total. The number of rotatable bonds is 3. The van der Waals surface area contributed by atoms with Gasteiger partial charge >= 0.3 is 0 Å². The van der Waals surface area contributed by atoms with E-state index >= 15 is 0 Å².